The van der Waals surface area contributed by atoms with Gasteiger partial charge in [-0.25, -0.2) is 17.6 Å². The second-order valence-corrected chi connectivity index (χ2v) is 7.30. The number of halogens is 6. The van der Waals surface area contributed by atoms with Gasteiger partial charge in [-0.2, -0.15) is 17.2 Å². The first-order chi connectivity index (χ1) is 12.3. The summed E-state index contributed by atoms with van der Waals surface area (Å²) < 4.78 is 115. The van der Waals surface area contributed by atoms with E-state index in [-0.39, 0.29) is 5.92 Å². The number of hydrogen-bond donors (Lipinski definition) is 1. The molecule has 0 aromatic heterocycles. The molecule has 0 spiro atoms. The van der Waals surface area contributed by atoms with Gasteiger partial charge in [0.25, 0.3) is 0 Å². The van der Waals surface area contributed by atoms with Gasteiger partial charge in [-0.1, -0.05) is 38.1 Å². The van der Waals surface area contributed by atoms with Crippen LogP contribution in [0, 0.1) is 23.3 Å². The van der Waals surface area contributed by atoms with Crippen molar-refractivity contribution in [3.8, 4) is 0 Å². The topological polar surface area (TPSA) is 54.4 Å². The number of hydrogen-bond acceptors (Lipinski definition) is 2. The maximum Gasteiger partial charge on any atom is 0.304 e. The molecule has 1 atom stereocenters. The Hall–Kier alpha value is -2.07. The van der Waals surface area contributed by atoms with E-state index in [2.05, 4.69) is 0 Å². The van der Waals surface area contributed by atoms with Gasteiger partial charge in [0.15, 0.2) is 28.2 Å². The molecule has 1 N–H and O–H groups in total. The van der Waals surface area contributed by atoms with Crippen molar-refractivity contribution >= 4 is 10.1 Å². The largest absolute Gasteiger partial charge is 0.304 e. The van der Waals surface area contributed by atoms with Crippen LogP contribution in [-0.4, -0.2) is 13.0 Å². The van der Waals surface area contributed by atoms with Crippen LogP contribution in [0.25, 0.3) is 0 Å². The van der Waals surface area contributed by atoms with Crippen LogP contribution in [0.2, 0.25) is 0 Å². The molecule has 3 nitrogen and oxygen atoms in total. The second-order valence-electron chi connectivity index (χ2n) is 5.94. The maximum absolute atomic E-state index is 14.6. The van der Waals surface area contributed by atoms with E-state index < -0.39 is 55.3 Å². The van der Waals surface area contributed by atoms with Crippen LogP contribution in [0.15, 0.2) is 29.2 Å². The van der Waals surface area contributed by atoms with Crippen molar-refractivity contribution in [1.29, 1.82) is 0 Å². The van der Waals surface area contributed by atoms with E-state index in [1.165, 1.54) is 12.1 Å². The van der Waals surface area contributed by atoms with Crippen molar-refractivity contribution in [2.45, 2.75) is 37.0 Å². The first-order valence-electron chi connectivity index (χ1n) is 7.66. The van der Waals surface area contributed by atoms with Gasteiger partial charge in [0.05, 0.1) is 0 Å². The summed E-state index contributed by atoms with van der Waals surface area (Å²) in [6, 6.07) is 4.28. The highest BCUT2D eigenvalue weighted by Gasteiger charge is 2.45. The molecule has 1 unspecified atom stereocenters. The molecule has 0 radical (unpaired) electrons. The lowest BCUT2D eigenvalue weighted by atomic mass is 9.94. The van der Waals surface area contributed by atoms with Gasteiger partial charge in [0.2, 0.25) is 0 Å². The number of benzene rings is 2. The van der Waals surface area contributed by atoms with E-state index in [9.17, 15) is 34.8 Å². The monoisotopic (exact) mass is 412 g/mol. The summed E-state index contributed by atoms with van der Waals surface area (Å²) in [6.45, 7) is 3.69. The van der Waals surface area contributed by atoms with Crippen LogP contribution in [0.4, 0.5) is 26.3 Å². The van der Waals surface area contributed by atoms with Crippen molar-refractivity contribution in [1.82, 2.24) is 0 Å². The highest BCUT2D eigenvalue weighted by atomic mass is 32.2. The van der Waals surface area contributed by atoms with Gasteiger partial charge >= 0.3 is 16.0 Å². The molecule has 0 saturated carbocycles. The fourth-order valence-corrected chi connectivity index (χ4v) is 3.15. The van der Waals surface area contributed by atoms with E-state index in [0.29, 0.717) is 12.0 Å². The van der Waals surface area contributed by atoms with Crippen LogP contribution in [0.1, 0.15) is 42.9 Å². The minimum Gasteiger partial charge on any atom is -0.282 e. The number of rotatable bonds is 5. The highest BCUT2D eigenvalue weighted by Crippen LogP contribution is 2.42. The SMILES string of the molecule is CCC(C)c1ccc(C(F)(F)c2c(F)c(F)c(S(=O)(=O)O)c(F)c2F)cc1. The Kier molecular flexibility index (Phi) is 5.63. The molecule has 0 aliphatic heterocycles. The molecule has 27 heavy (non-hydrogen) atoms. The van der Waals surface area contributed by atoms with Crippen molar-refractivity contribution in [3.63, 3.8) is 0 Å². The van der Waals surface area contributed by atoms with Crippen molar-refractivity contribution in [2.75, 3.05) is 0 Å². The summed E-state index contributed by atoms with van der Waals surface area (Å²) >= 11 is 0. The average Bonchev–Trinajstić information content (AvgIpc) is 2.58. The fourth-order valence-electron chi connectivity index (χ4n) is 2.51. The third kappa shape index (κ3) is 3.68. The van der Waals surface area contributed by atoms with Gasteiger partial charge in [-0.15, -0.1) is 0 Å². The summed E-state index contributed by atoms with van der Waals surface area (Å²) in [5.41, 5.74) is -2.58. The third-order valence-electron chi connectivity index (χ3n) is 4.25. The van der Waals surface area contributed by atoms with E-state index in [1.54, 1.807) is 0 Å². The molecule has 2 aromatic carbocycles. The second kappa shape index (κ2) is 7.16. The summed E-state index contributed by atoms with van der Waals surface area (Å²) in [7, 11) is -5.73. The molecule has 0 heterocycles. The van der Waals surface area contributed by atoms with Gasteiger partial charge in [0.1, 0.15) is 5.56 Å². The van der Waals surface area contributed by atoms with Crippen molar-refractivity contribution in [2.24, 2.45) is 0 Å². The standard InChI is InChI=1S/C17H14F6O3S/c1-3-8(2)9-4-6-10(7-5-9)17(22,23)11-12(18)14(20)16(27(24,25)26)15(21)13(11)19/h4-8H,3H2,1-2H3,(H,24,25,26). The van der Waals surface area contributed by atoms with E-state index in [4.69, 9.17) is 4.55 Å². The first kappa shape index (κ1) is 21.2. The molecular weight excluding hydrogens is 398 g/mol. The molecule has 2 aromatic rings. The number of alkyl halides is 2. The van der Waals surface area contributed by atoms with Gasteiger partial charge < -0.3 is 0 Å². The summed E-state index contributed by atoms with van der Waals surface area (Å²) in [6.07, 6.45) is 0.701. The summed E-state index contributed by atoms with van der Waals surface area (Å²) in [5.74, 6) is -15.0. The first-order valence-corrected chi connectivity index (χ1v) is 9.10. The lowest BCUT2D eigenvalue weighted by Crippen LogP contribution is -2.23. The van der Waals surface area contributed by atoms with E-state index in [1.807, 2.05) is 13.8 Å². The normalized spacial score (nSPS) is 13.7. The summed E-state index contributed by atoms with van der Waals surface area (Å²) in [4.78, 5) is -2.37. The average molecular weight is 412 g/mol. The van der Waals surface area contributed by atoms with Crippen molar-refractivity contribution < 1.29 is 39.3 Å². The Balaban J connectivity index is 2.70. The van der Waals surface area contributed by atoms with Crippen LogP contribution < -0.4 is 0 Å². The van der Waals surface area contributed by atoms with Crippen LogP contribution in [-0.2, 0) is 16.0 Å². The third-order valence-corrected chi connectivity index (χ3v) is 5.12. The Bertz CT molecular complexity index is 942. The molecule has 0 aliphatic carbocycles. The minimum atomic E-state index is -5.73. The van der Waals surface area contributed by atoms with Crippen LogP contribution in [0.3, 0.4) is 0 Å². The smallest absolute Gasteiger partial charge is 0.282 e. The lowest BCUT2D eigenvalue weighted by Gasteiger charge is -2.21. The molecule has 0 fully saturated rings. The maximum atomic E-state index is 14.6. The zero-order valence-corrected chi connectivity index (χ0v) is 14.9. The molecular formula is C17H14F6O3S. The molecule has 10 heteroatoms. The summed E-state index contributed by atoms with van der Waals surface area (Å²) in [5, 5.41) is 0. The van der Waals surface area contributed by atoms with Gasteiger partial charge in [0, 0.05) is 5.56 Å². The van der Waals surface area contributed by atoms with Gasteiger partial charge in [-0.3, -0.25) is 4.55 Å². The predicted octanol–water partition coefficient (Wildman–Crippen LogP) is 5.14. The quantitative estimate of drug-likeness (QED) is 0.420. The zero-order valence-electron chi connectivity index (χ0n) is 14.0. The predicted molar refractivity (Wildman–Crippen MR) is 84.2 cm³/mol. The molecule has 0 bridgehead atoms. The minimum absolute atomic E-state index is 0.0186. The zero-order chi connectivity index (χ0) is 20.7. The van der Waals surface area contributed by atoms with E-state index in [0.717, 1.165) is 12.1 Å². The molecule has 148 valence electrons. The molecule has 0 aliphatic rings. The van der Waals surface area contributed by atoms with Crippen LogP contribution >= 0.6 is 0 Å². The Morgan fingerprint density at radius 1 is 0.963 bits per heavy atom. The van der Waals surface area contributed by atoms with E-state index >= 15 is 0 Å². The lowest BCUT2D eigenvalue weighted by molar-refractivity contribution is 0.0325. The van der Waals surface area contributed by atoms with Crippen LogP contribution in [0.5, 0.6) is 0 Å². The fraction of sp³-hybridized carbons (Fsp3) is 0.294. The Morgan fingerprint density at radius 2 is 1.41 bits per heavy atom. The molecule has 0 amide bonds. The Labute approximate surface area is 151 Å². The van der Waals surface area contributed by atoms with Crippen molar-refractivity contribution in [3.05, 3.63) is 64.2 Å². The Morgan fingerprint density at radius 3 is 1.78 bits per heavy atom. The molecule has 0 saturated heterocycles. The molecule has 2 rings (SSSR count). The van der Waals surface area contributed by atoms with Gasteiger partial charge in [-0.05, 0) is 17.9 Å². The highest BCUT2D eigenvalue weighted by molar-refractivity contribution is 7.85.